The highest BCUT2D eigenvalue weighted by molar-refractivity contribution is 9.10. The normalized spacial score (nSPS) is 10.3. The first-order chi connectivity index (χ1) is 9.51. The van der Waals surface area contributed by atoms with Gasteiger partial charge >= 0.3 is 0 Å². The highest BCUT2D eigenvalue weighted by Gasteiger charge is 2.14. The third-order valence-electron chi connectivity index (χ3n) is 3.20. The minimum Gasteiger partial charge on any atom is -0.399 e. The Morgan fingerprint density at radius 3 is 2.40 bits per heavy atom. The number of carbonyl (C=O) groups excluding carboxylic acids is 1. The van der Waals surface area contributed by atoms with Gasteiger partial charge in [-0.2, -0.15) is 0 Å². The molecule has 0 unspecified atom stereocenters. The molecule has 0 heterocycles. The molecule has 0 aliphatic heterocycles. The van der Waals surface area contributed by atoms with Crippen molar-refractivity contribution in [1.29, 1.82) is 0 Å². The Labute approximate surface area is 127 Å². The molecule has 0 spiro atoms. The van der Waals surface area contributed by atoms with Gasteiger partial charge in [0.25, 0.3) is 5.91 Å². The molecule has 3 nitrogen and oxygen atoms in total. The molecule has 20 heavy (non-hydrogen) atoms. The zero-order valence-electron chi connectivity index (χ0n) is 11.6. The summed E-state index contributed by atoms with van der Waals surface area (Å²) in [5.74, 6) is -0.0813. The molecule has 4 heteroatoms. The number of aryl methyl sites for hydroxylation is 1. The quantitative estimate of drug-likeness (QED) is 0.867. The van der Waals surface area contributed by atoms with E-state index in [1.165, 1.54) is 5.56 Å². The van der Waals surface area contributed by atoms with E-state index in [1.54, 1.807) is 30.1 Å². The number of benzene rings is 2. The van der Waals surface area contributed by atoms with E-state index < -0.39 is 0 Å². The second kappa shape index (κ2) is 6.09. The van der Waals surface area contributed by atoms with Crippen LogP contribution in [0.5, 0.6) is 0 Å². The summed E-state index contributed by atoms with van der Waals surface area (Å²) in [6.07, 6.45) is 0.986. The number of amides is 1. The Bertz CT molecular complexity index is 603. The van der Waals surface area contributed by atoms with Crippen molar-refractivity contribution in [3.05, 3.63) is 58.1 Å². The van der Waals surface area contributed by atoms with E-state index in [2.05, 4.69) is 22.9 Å². The summed E-state index contributed by atoms with van der Waals surface area (Å²) in [4.78, 5) is 14.1. The van der Waals surface area contributed by atoms with Crippen LogP contribution in [0.3, 0.4) is 0 Å². The minimum atomic E-state index is -0.0813. The lowest BCUT2D eigenvalue weighted by atomic mass is 10.1. The Hall–Kier alpha value is -1.81. The molecule has 0 aliphatic carbocycles. The monoisotopic (exact) mass is 332 g/mol. The molecule has 0 saturated heterocycles. The number of nitrogen functional groups attached to an aromatic ring is 1. The third-order valence-corrected chi connectivity index (χ3v) is 3.66. The smallest absolute Gasteiger partial charge is 0.258 e. The molecule has 0 saturated carbocycles. The van der Waals surface area contributed by atoms with Crippen LogP contribution < -0.4 is 10.6 Å². The zero-order chi connectivity index (χ0) is 14.7. The minimum absolute atomic E-state index is 0.0813. The van der Waals surface area contributed by atoms with Crippen molar-refractivity contribution in [2.75, 3.05) is 17.7 Å². The SMILES string of the molecule is CCc1ccc(N(C)C(=O)c2cc(N)cc(Br)c2)cc1. The molecular weight excluding hydrogens is 316 g/mol. The predicted molar refractivity (Wildman–Crippen MR) is 87.1 cm³/mol. The highest BCUT2D eigenvalue weighted by atomic mass is 79.9. The number of anilines is 2. The van der Waals surface area contributed by atoms with E-state index in [-0.39, 0.29) is 5.91 Å². The Morgan fingerprint density at radius 2 is 1.85 bits per heavy atom. The maximum Gasteiger partial charge on any atom is 0.258 e. The number of hydrogen-bond donors (Lipinski definition) is 1. The fourth-order valence-corrected chi connectivity index (χ4v) is 2.51. The van der Waals surface area contributed by atoms with Crippen LogP contribution in [0.4, 0.5) is 11.4 Å². The summed E-state index contributed by atoms with van der Waals surface area (Å²) in [5.41, 5.74) is 9.03. The first-order valence-corrected chi connectivity index (χ1v) is 7.23. The van der Waals surface area contributed by atoms with Crippen molar-refractivity contribution in [3.63, 3.8) is 0 Å². The molecule has 104 valence electrons. The standard InChI is InChI=1S/C16H17BrN2O/c1-3-11-4-6-15(7-5-11)19(2)16(20)12-8-13(17)10-14(18)9-12/h4-10H,3,18H2,1-2H3. The van der Waals surface area contributed by atoms with Crippen LogP contribution in [-0.4, -0.2) is 13.0 Å². The van der Waals surface area contributed by atoms with Crippen molar-refractivity contribution < 1.29 is 4.79 Å². The first-order valence-electron chi connectivity index (χ1n) is 6.44. The van der Waals surface area contributed by atoms with Gasteiger partial charge in [-0.15, -0.1) is 0 Å². The van der Waals surface area contributed by atoms with Crippen molar-refractivity contribution in [2.24, 2.45) is 0 Å². The van der Waals surface area contributed by atoms with Gasteiger partial charge in [0.2, 0.25) is 0 Å². The number of nitrogens with zero attached hydrogens (tertiary/aromatic N) is 1. The summed E-state index contributed by atoms with van der Waals surface area (Å²) >= 11 is 3.35. The largest absolute Gasteiger partial charge is 0.399 e. The molecule has 0 bridgehead atoms. The van der Waals surface area contributed by atoms with Crippen LogP contribution in [0, 0.1) is 0 Å². The fourth-order valence-electron chi connectivity index (χ4n) is 2.00. The lowest BCUT2D eigenvalue weighted by Gasteiger charge is -2.18. The number of hydrogen-bond acceptors (Lipinski definition) is 2. The maximum absolute atomic E-state index is 12.5. The summed E-state index contributed by atoms with van der Waals surface area (Å²) in [6.45, 7) is 2.11. The molecule has 2 rings (SSSR count). The van der Waals surface area contributed by atoms with E-state index in [1.807, 2.05) is 24.3 Å². The summed E-state index contributed by atoms with van der Waals surface area (Å²) in [5, 5.41) is 0. The molecule has 0 radical (unpaired) electrons. The van der Waals surface area contributed by atoms with Gasteiger partial charge in [0.05, 0.1) is 0 Å². The average molecular weight is 333 g/mol. The van der Waals surface area contributed by atoms with Crippen LogP contribution in [-0.2, 0) is 6.42 Å². The van der Waals surface area contributed by atoms with Gasteiger partial charge < -0.3 is 10.6 Å². The molecule has 0 fully saturated rings. The summed E-state index contributed by atoms with van der Waals surface area (Å²) in [6, 6.07) is 13.2. The van der Waals surface area contributed by atoms with E-state index in [0.29, 0.717) is 11.3 Å². The zero-order valence-corrected chi connectivity index (χ0v) is 13.1. The van der Waals surface area contributed by atoms with Crippen molar-refractivity contribution >= 4 is 33.2 Å². The van der Waals surface area contributed by atoms with Gasteiger partial charge in [-0.1, -0.05) is 35.0 Å². The molecule has 0 aliphatic rings. The molecule has 2 aromatic rings. The topological polar surface area (TPSA) is 46.3 Å². The van der Waals surface area contributed by atoms with Crippen LogP contribution in [0.15, 0.2) is 46.9 Å². The maximum atomic E-state index is 12.5. The van der Waals surface area contributed by atoms with Gasteiger partial charge in [0, 0.05) is 28.5 Å². The van der Waals surface area contributed by atoms with Crippen molar-refractivity contribution in [3.8, 4) is 0 Å². The Kier molecular flexibility index (Phi) is 4.45. The summed E-state index contributed by atoms with van der Waals surface area (Å²) in [7, 11) is 1.76. The second-order valence-electron chi connectivity index (χ2n) is 4.66. The first kappa shape index (κ1) is 14.6. The fraction of sp³-hybridized carbons (Fsp3) is 0.188. The van der Waals surface area contributed by atoms with Crippen LogP contribution in [0.2, 0.25) is 0 Å². The van der Waals surface area contributed by atoms with Gasteiger partial charge in [-0.3, -0.25) is 4.79 Å². The van der Waals surface area contributed by atoms with Crippen LogP contribution in [0.1, 0.15) is 22.8 Å². The number of carbonyl (C=O) groups is 1. The van der Waals surface area contributed by atoms with Crippen LogP contribution >= 0.6 is 15.9 Å². The lowest BCUT2D eigenvalue weighted by Crippen LogP contribution is -2.26. The van der Waals surface area contributed by atoms with Crippen LogP contribution in [0.25, 0.3) is 0 Å². The van der Waals surface area contributed by atoms with E-state index in [0.717, 1.165) is 16.6 Å². The molecule has 2 aromatic carbocycles. The molecule has 1 amide bonds. The van der Waals surface area contributed by atoms with E-state index in [4.69, 9.17) is 5.73 Å². The highest BCUT2D eigenvalue weighted by Crippen LogP contribution is 2.21. The summed E-state index contributed by atoms with van der Waals surface area (Å²) < 4.78 is 0.801. The lowest BCUT2D eigenvalue weighted by molar-refractivity contribution is 0.0993. The van der Waals surface area contributed by atoms with E-state index >= 15 is 0 Å². The average Bonchev–Trinajstić information content (AvgIpc) is 2.45. The molecule has 0 atom stereocenters. The van der Waals surface area contributed by atoms with E-state index in [9.17, 15) is 4.79 Å². The number of halogens is 1. The molecule has 2 N–H and O–H groups in total. The number of nitrogens with two attached hydrogens (primary N) is 1. The molecule has 0 aromatic heterocycles. The Morgan fingerprint density at radius 1 is 1.20 bits per heavy atom. The van der Waals surface area contributed by atoms with Gasteiger partial charge in [0.1, 0.15) is 0 Å². The number of rotatable bonds is 3. The van der Waals surface area contributed by atoms with Gasteiger partial charge in [0.15, 0.2) is 0 Å². The second-order valence-corrected chi connectivity index (χ2v) is 5.57. The third kappa shape index (κ3) is 3.20. The van der Waals surface area contributed by atoms with Gasteiger partial charge in [-0.25, -0.2) is 0 Å². The van der Waals surface area contributed by atoms with Gasteiger partial charge in [-0.05, 0) is 42.3 Å². The predicted octanol–water partition coefficient (Wildman–Crippen LogP) is 3.87. The molecular formula is C16H17BrN2O. The van der Waals surface area contributed by atoms with Crippen molar-refractivity contribution in [2.45, 2.75) is 13.3 Å². The van der Waals surface area contributed by atoms with Crippen molar-refractivity contribution in [1.82, 2.24) is 0 Å². The Balaban J connectivity index is 2.27.